The molecule has 2 aromatic rings. The van der Waals surface area contributed by atoms with E-state index in [1.807, 2.05) is 24.3 Å². The molecule has 3 rings (SSSR count). The van der Waals surface area contributed by atoms with E-state index in [9.17, 15) is 14.7 Å². The number of aromatic nitrogens is 1. The second-order valence-electron chi connectivity index (χ2n) is 4.76. The molecule has 0 saturated carbocycles. The zero-order chi connectivity index (χ0) is 14.1. The monoisotopic (exact) mass is 270 g/mol. The molecule has 2 heterocycles. The summed E-state index contributed by atoms with van der Waals surface area (Å²) in [6.45, 7) is 0.455. The number of aliphatic hydroxyl groups excluding tert-OH is 1. The summed E-state index contributed by atoms with van der Waals surface area (Å²) in [5.74, 6) is -0.180. The number of H-pyrrole nitrogens is 1. The third-order valence-corrected chi connectivity index (χ3v) is 3.49. The molecule has 0 aliphatic carbocycles. The number of amides is 1. The van der Waals surface area contributed by atoms with Gasteiger partial charge < -0.3 is 15.0 Å². The van der Waals surface area contributed by atoms with Crippen molar-refractivity contribution in [3.05, 3.63) is 64.1 Å². The number of hydrogen-bond acceptors (Lipinski definition) is 3. The van der Waals surface area contributed by atoms with Crippen molar-refractivity contribution in [3.63, 3.8) is 0 Å². The highest BCUT2D eigenvalue weighted by Gasteiger charge is 2.27. The average Bonchev–Trinajstić information content (AvgIpc) is 2.48. The standard InChI is InChI=1S/C15H14N2O3/c18-13-7-8-17(12-4-2-1-3-11(12)13)15(20)10-5-6-14(19)16-9-10/h1-6,9,13,18H,7-8H2,(H,16,19). The Labute approximate surface area is 115 Å². The summed E-state index contributed by atoms with van der Waals surface area (Å²) in [5, 5.41) is 9.98. The minimum atomic E-state index is -0.536. The lowest BCUT2D eigenvalue weighted by atomic mass is 9.98. The van der Waals surface area contributed by atoms with Crippen LogP contribution in [0.1, 0.15) is 28.4 Å². The minimum absolute atomic E-state index is 0.180. The molecule has 0 saturated heterocycles. The van der Waals surface area contributed by atoms with Crippen LogP contribution in [0.2, 0.25) is 0 Å². The van der Waals surface area contributed by atoms with Crippen LogP contribution >= 0.6 is 0 Å². The van der Waals surface area contributed by atoms with Crippen LogP contribution in [-0.4, -0.2) is 22.5 Å². The molecule has 20 heavy (non-hydrogen) atoms. The summed E-state index contributed by atoms with van der Waals surface area (Å²) in [6.07, 6.45) is 1.38. The molecule has 1 aromatic heterocycles. The maximum absolute atomic E-state index is 12.5. The van der Waals surface area contributed by atoms with E-state index in [2.05, 4.69) is 4.98 Å². The second kappa shape index (κ2) is 4.94. The van der Waals surface area contributed by atoms with Crippen molar-refractivity contribution in [3.8, 4) is 0 Å². The number of nitrogens with zero attached hydrogens (tertiary/aromatic N) is 1. The summed E-state index contributed by atoms with van der Waals surface area (Å²) in [7, 11) is 0. The number of benzene rings is 1. The first-order chi connectivity index (χ1) is 9.66. The first-order valence-electron chi connectivity index (χ1n) is 6.44. The van der Waals surface area contributed by atoms with Crippen LogP contribution in [-0.2, 0) is 0 Å². The van der Waals surface area contributed by atoms with Crippen molar-refractivity contribution in [2.24, 2.45) is 0 Å². The van der Waals surface area contributed by atoms with Crippen molar-refractivity contribution in [2.45, 2.75) is 12.5 Å². The molecule has 1 unspecified atom stereocenters. The molecule has 0 spiro atoms. The largest absolute Gasteiger partial charge is 0.388 e. The zero-order valence-electron chi connectivity index (χ0n) is 10.7. The summed E-state index contributed by atoms with van der Waals surface area (Å²) in [6, 6.07) is 10.2. The zero-order valence-corrected chi connectivity index (χ0v) is 10.7. The maximum Gasteiger partial charge on any atom is 0.259 e. The van der Waals surface area contributed by atoms with Gasteiger partial charge in [-0.2, -0.15) is 0 Å². The second-order valence-corrected chi connectivity index (χ2v) is 4.76. The number of carbonyl (C=O) groups is 1. The number of nitrogens with one attached hydrogen (secondary N) is 1. The molecule has 5 nitrogen and oxygen atoms in total. The highest BCUT2D eigenvalue weighted by atomic mass is 16.3. The molecule has 2 N–H and O–H groups in total. The number of fused-ring (bicyclic) bond motifs is 1. The predicted octanol–water partition coefficient (Wildman–Crippen LogP) is 1.46. The van der Waals surface area contributed by atoms with E-state index < -0.39 is 6.10 Å². The third-order valence-electron chi connectivity index (χ3n) is 3.49. The van der Waals surface area contributed by atoms with Gasteiger partial charge in [-0.25, -0.2) is 0 Å². The molecular formula is C15H14N2O3. The summed E-state index contributed by atoms with van der Waals surface area (Å²) in [5.41, 5.74) is 1.67. The fourth-order valence-electron chi connectivity index (χ4n) is 2.45. The molecule has 1 amide bonds. The first kappa shape index (κ1) is 12.6. The van der Waals surface area contributed by atoms with Crippen molar-refractivity contribution in [1.29, 1.82) is 0 Å². The molecule has 1 aliphatic heterocycles. The molecule has 5 heteroatoms. The Bertz CT molecular complexity index is 688. The van der Waals surface area contributed by atoms with Crippen molar-refractivity contribution < 1.29 is 9.90 Å². The Morgan fingerprint density at radius 3 is 2.80 bits per heavy atom. The van der Waals surface area contributed by atoms with Gasteiger partial charge in [0.05, 0.1) is 11.7 Å². The molecule has 102 valence electrons. The lowest BCUT2D eigenvalue weighted by Crippen LogP contribution is -2.36. The van der Waals surface area contributed by atoms with Crippen LogP contribution in [0.15, 0.2) is 47.4 Å². The summed E-state index contributed by atoms with van der Waals surface area (Å²) < 4.78 is 0. The Hall–Kier alpha value is -2.40. The van der Waals surface area contributed by atoms with E-state index in [0.717, 1.165) is 11.3 Å². The smallest absolute Gasteiger partial charge is 0.259 e. The van der Waals surface area contributed by atoms with Crippen LogP contribution in [0.5, 0.6) is 0 Å². The first-order valence-corrected chi connectivity index (χ1v) is 6.44. The van der Waals surface area contributed by atoms with Gasteiger partial charge in [-0.3, -0.25) is 9.59 Å². The van der Waals surface area contributed by atoms with E-state index in [-0.39, 0.29) is 11.5 Å². The summed E-state index contributed by atoms with van der Waals surface area (Å²) in [4.78, 5) is 27.7. The molecule has 0 bridgehead atoms. The number of carbonyl (C=O) groups excluding carboxylic acids is 1. The van der Waals surface area contributed by atoms with Crippen LogP contribution in [0.25, 0.3) is 0 Å². The molecular weight excluding hydrogens is 256 g/mol. The minimum Gasteiger partial charge on any atom is -0.388 e. The van der Waals surface area contributed by atoms with E-state index in [1.54, 1.807) is 4.90 Å². The molecule has 0 fully saturated rings. The molecule has 1 aromatic carbocycles. The third kappa shape index (κ3) is 2.12. The van der Waals surface area contributed by atoms with E-state index in [4.69, 9.17) is 0 Å². The molecule has 0 radical (unpaired) electrons. The van der Waals surface area contributed by atoms with Gasteiger partial charge in [0, 0.05) is 30.1 Å². The highest BCUT2D eigenvalue weighted by Crippen LogP contribution is 2.34. The van der Waals surface area contributed by atoms with Crippen LogP contribution < -0.4 is 10.5 Å². The van der Waals surface area contributed by atoms with Crippen LogP contribution in [0.4, 0.5) is 5.69 Å². The van der Waals surface area contributed by atoms with Gasteiger partial charge in [-0.1, -0.05) is 18.2 Å². The Morgan fingerprint density at radius 2 is 2.05 bits per heavy atom. The van der Waals surface area contributed by atoms with Gasteiger partial charge in [0.25, 0.3) is 5.91 Å². The fourth-order valence-corrected chi connectivity index (χ4v) is 2.45. The van der Waals surface area contributed by atoms with Gasteiger partial charge in [-0.15, -0.1) is 0 Å². The number of pyridine rings is 1. The lowest BCUT2D eigenvalue weighted by Gasteiger charge is -2.32. The van der Waals surface area contributed by atoms with Gasteiger partial charge in [0.1, 0.15) is 0 Å². The average molecular weight is 270 g/mol. The fraction of sp³-hybridized carbons (Fsp3) is 0.200. The Balaban J connectivity index is 1.99. The number of anilines is 1. The van der Waals surface area contributed by atoms with Crippen LogP contribution in [0, 0.1) is 0 Å². The lowest BCUT2D eigenvalue weighted by molar-refractivity contribution is 0.0970. The predicted molar refractivity (Wildman–Crippen MR) is 74.8 cm³/mol. The number of hydrogen-bond donors (Lipinski definition) is 2. The normalized spacial score (nSPS) is 17.6. The van der Waals surface area contributed by atoms with Crippen molar-refractivity contribution >= 4 is 11.6 Å². The molecule has 1 atom stereocenters. The van der Waals surface area contributed by atoms with E-state index in [1.165, 1.54) is 18.3 Å². The SMILES string of the molecule is O=C(c1ccc(=O)[nH]c1)N1CCC(O)c2ccccc21. The topological polar surface area (TPSA) is 73.4 Å². The highest BCUT2D eigenvalue weighted by molar-refractivity contribution is 6.06. The van der Waals surface area contributed by atoms with Crippen LogP contribution in [0.3, 0.4) is 0 Å². The van der Waals surface area contributed by atoms with E-state index >= 15 is 0 Å². The van der Waals surface area contributed by atoms with Gasteiger partial charge in [-0.05, 0) is 18.6 Å². The number of aromatic amines is 1. The van der Waals surface area contributed by atoms with E-state index in [0.29, 0.717) is 18.5 Å². The van der Waals surface area contributed by atoms with Crippen molar-refractivity contribution in [1.82, 2.24) is 4.98 Å². The Morgan fingerprint density at radius 1 is 1.25 bits per heavy atom. The summed E-state index contributed by atoms with van der Waals surface area (Å²) >= 11 is 0. The number of aliphatic hydroxyl groups is 1. The van der Waals surface area contributed by atoms with Gasteiger partial charge in [0.2, 0.25) is 5.56 Å². The maximum atomic E-state index is 12.5. The number of rotatable bonds is 1. The quantitative estimate of drug-likeness (QED) is 0.824. The van der Waals surface area contributed by atoms with Gasteiger partial charge in [0.15, 0.2) is 0 Å². The van der Waals surface area contributed by atoms with Gasteiger partial charge >= 0.3 is 0 Å². The number of para-hydroxylation sites is 1. The Kier molecular flexibility index (Phi) is 3.12. The molecule has 1 aliphatic rings. The van der Waals surface area contributed by atoms with Crippen molar-refractivity contribution in [2.75, 3.05) is 11.4 Å².